The van der Waals surface area contributed by atoms with E-state index in [1.165, 1.54) is 7.11 Å². The Kier molecular flexibility index (Phi) is 3.29. The zero-order valence-electron chi connectivity index (χ0n) is 8.28. The topological polar surface area (TPSA) is 35.6 Å². The fourth-order valence-electron chi connectivity index (χ4n) is 1.28. The van der Waals surface area contributed by atoms with Gasteiger partial charge in [0.05, 0.1) is 13.5 Å². The number of esters is 1. The fraction of sp³-hybridized carbons (Fsp3) is 0.400. The fourth-order valence-corrected chi connectivity index (χ4v) is 1.28. The number of hydrogen-bond donors (Lipinski definition) is 0. The van der Waals surface area contributed by atoms with E-state index in [1.807, 2.05) is 6.07 Å². The van der Waals surface area contributed by atoms with Gasteiger partial charge in [-0.25, -0.2) is 11.4 Å². The molecule has 0 N–H and O–H groups in total. The van der Waals surface area contributed by atoms with Gasteiger partial charge in [0.2, 0.25) is 6.54 Å². The van der Waals surface area contributed by atoms with Crippen molar-refractivity contribution in [2.45, 2.75) is 6.42 Å². The maximum absolute atomic E-state index is 11.2. The van der Waals surface area contributed by atoms with E-state index < -0.39 is 0 Å². The van der Waals surface area contributed by atoms with Crippen LogP contribution in [0.2, 0.25) is 0 Å². The van der Waals surface area contributed by atoms with Gasteiger partial charge in [0.25, 0.3) is 0 Å². The van der Waals surface area contributed by atoms with Crippen LogP contribution in [0.25, 0.3) is 4.85 Å². The summed E-state index contributed by atoms with van der Waals surface area (Å²) in [5.74, 6) is -0.346. The molecule has 1 heterocycles. The molecule has 0 amide bonds. The number of aromatic nitrogens is 1. The first-order valence-electron chi connectivity index (χ1n) is 4.26. The first-order valence-corrected chi connectivity index (χ1v) is 4.26. The third kappa shape index (κ3) is 1.94. The number of hydrogen-bond acceptors (Lipinski definition) is 2. The number of rotatable bonds is 3. The third-order valence-corrected chi connectivity index (χ3v) is 2.10. The lowest BCUT2D eigenvalue weighted by molar-refractivity contribution is 0.0589. The third-order valence-electron chi connectivity index (χ3n) is 2.10. The van der Waals surface area contributed by atoms with E-state index in [0.717, 1.165) is 5.69 Å². The molecule has 0 unspecified atom stereocenters. The number of nitrogens with zero attached hydrogens (tertiary/aromatic N) is 2. The van der Waals surface area contributed by atoms with Crippen molar-refractivity contribution < 1.29 is 9.53 Å². The van der Waals surface area contributed by atoms with Gasteiger partial charge in [-0.1, -0.05) is 0 Å². The van der Waals surface area contributed by atoms with Crippen LogP contribution < -0.4 is 0 Å². The van der Waals surface area contributed by atoms with E-state index in [0.29, 0.717) is 18.7 Å². The second-order valence-corrected chi connectivity index (χ2v) is 2.89. The Morgan fingerprint density at radius 1 is 1.64 bits per heavy atom. The number of carbonyl (C=O) groups excluding carboxylic acids is 1. The maximum atomic E-state index is 11.2. The lowest BCUT2D eigenvalue weighted by Crippen LogP contribution is -2.09. The highest BCUT2D eigenvalue weighted by Gasteiger charge is 2.12. The van der Waals surface area contributed by atoms with Crippen molar-refractivity contribution in [1.82, 2.24) is 4.57 Å². The minimum Gasteiger partial charge on any atom is -0.464 e. The van der Waals surface area contributed by atoms with Crippen molar-refractivity contribution >= 4 is 5.97 Å². The van der Waals surface area contributed by atoms with Gasteiger partial charge in [0.1, 0.15) is 5.69 Å². The molecule has 4 nitrogen and oxygen atoms in total. The van der Waals surface area contributed by atoms with E-state index >= 15 is 0 Å². The predicted molar refractivity (Wildman–Crippen MR) is 51.9 cm³/mol. The lowest BCUT2D eigenvalue weighted by Gasteiger charge is -2.03. The zero-order valence-corrected chi connectivity index (χ0v) is 8.28. The highest BCUT2D eigenvalue weighted by atomic mass is 16.5. The first kappa shape index (κ1) is 10.3. The van der Waals surface area contributed by atoms with Crippen molar-refractivity contribution in [3.63, 3.8) is 0 Å². The lowest BCUT2D eigenvalue weighted by atomic mass is 10.3. The van der Waals surface area contributed by atoms with Crippen LogP contribution >= 0.6 is 0 Å². The molecule has 1 aromatic heterocycles. The molecule has 0 aliphatic carbocycles. The Balaban J connectivity index is 2.86. The van der Waals surface area contributed by atoms with Gasteiger partial charge in [-0.05, 0) is 12.1 Å². The summed E-state index contributed by atoms with van der Waals surface area (Å²) < 4.78 is 6.38. The second kappa shape index (κ2) is 4.47. The Hall–Kier alpha value is -1.76. The van der Waals surface area contributed by atoms with Crippen LogP contribution in [0.1, 0.15) is 16.2 Å². The van der Waals surface area contributed by atoms with Gasteiger partial charge >= 0.3 is 5.97 Å². The Bertz CT molecular complexity index is 374. The van der Waals surface area contributed by atoms with Crippen LogP contribution in [0.5, 0.6) is 0 Å². The molecule has 1 aromatic rings. The first-order chi connectivity index (χ1) is 6.70. The quantitative estimate of drug-likeness (QED) is 0.534. The molecular formula is C10H12N2O2. The van der Waals surface area contributed by atoms with Crippen molar-refractivity contribution in [1.29, 1.82) is 0 Å². The summed E-state index contributed by atoms with van der Waals surface area (Å²) in [6, 6.07) is 3.56. The molecule has 0 aromatic carbocycles. The molecule has 4 heteroatoms. The SMILES string of the molecule is [C-]#[N+]CCc1ccc(C(=O)OC)n1C. The van der Waals surface area contributed by atoms with E-state index in [4.69, 9.17) is 6.57 Å². The molecule has 0 aliphatic rings. The average Bonchev–Trinajstić information content (AvgIpc) is 2.56. The predicted octanol–water partition coefficient (Wildman–Crippen LogP) is 1.27. The summed E-state index contributed by atoms with van der Waals surface area (Å²) in [5, 5.41) is 0. The van der Waals surface area contributed by atoms with Crippen LogP contribution in [-0.2, 0) is 18.2 Å². The number of ether oxygens (including phenoxy) is 1. The van der Waals surface area contributed by atoms with Crippen molar-refractivity contribution in [2.75, 3.05) is 13.7 Å². The molecule has 0 atom stereocenters. The summed E-state index contributed by atoms with van der Waals surface area (Å²) in [4.78, 5) is 14.5. The van der Waals surface area contributed by atoms with E-state index in [9.17, 15) is 4.79 Å². The minimum atomic E-state index is -0.346. The molecule has 0 saturated carbocycles. The van der Waals surface area contributed by atoms with Gasteiger partial charge in [-0.2, -0.15) is 0 Å². The van der Waals surface area contributed by atoms with Gasteiger partial charge < -0.3 is 14.1 Å². The highest BCUT2D eigenvalue weighted by Crippen LogP contribution is 2.09. The van der Waals surface area contributed by atoms with E-state index in [-0.39, 0.29) is 5.97 Å². The molecule has 0 radical (unpaired) electrons. The van der Waals surface area contributed by atoms with Crippen molar-refractivity contribution in [3.8, 4) is 0 Å². The van der Waals surface area contributed by atoms with Crippen LogP contribution in [0, 0.1) is 6.57 Å². The minimum absolute atomic E-state index is 0.346. The molecule has 74 valence electrons. The Morgan fingerprint density at radius 2 is 2.36 bits per heavy atom. The Labute approximate surface area is 82.9 Å². The molecule has 14 heavy (non-hydrogen) atoms. The number of carbonyl (C=O) groups is 1. The summed E-state index contributed by atoms with van der Waals surface area (Å²) in [6.07, 6.45) is 0.664. The van der Waals surface area contributed by atoms with Gasteiger partial charge in [-0.15, -0.1) is 0 Å². The molecule has 0 bridgehead atoms. The van der Waals surface area contributed by atoms with Crippen LogP contribution in [0.3, 0.4) is 0 Å². The second-order valence-electron chi connectivity index (χ2n) is 2.89. The molecule has 0 spiro atoms. The normalized spacial score (nSPS) is 9.50. The summed E-state index contributed by atoms with van der Waals surface area (Å²) >= 11 is 0. The molecular weight excluding hydrogens is 180 g/mol. The largest absolute Gasteiger partial charge is 0.464 e. The van der Waals surface area contributed by atoms with E-state index in [2.05, 4.69) is 9.58 Å². The van der Waals surface area contributed by atoms with Crippen LogP contribution in [0.15, 0.2) is 12.1 Å². The molecule has 1 rings (SSSR count). The van der Waals surface area contributed by atoms with Gasteiger partial charge in [0.15, 0.2) is 0 Å². The molecule has 0 saturated heterocycles. The van der Waals surface area contributed by atoms with Crippen molar-refractivity contribution in [3.05, 3.63) is 34.9 Å². The smallest absolute Gasteiger partial charge is 0.354 e. The monoisotopic (exact) mass is 192 g/mol. The molecule has 0 aliphatic heterocycles. The average molecular weight is 192 g/mol. The number of methoxy groups -OCH3 is 1. The Morgan fingerprint density at radius 3 is 2.93 bits per heavy atom. The zero-order chi connectivity index (χ0) is 10.6. The summed E-state index contributed by atoms with van der Waals surface area (Å²) in [5.41, 5.74) is 1.49. The van der Waals surface area contributed by atoms with Gasteiger partial charge in [0, 0.05) is 12.7 Å². The summed E-state index contributed by atoms with van der Waals surface area (Å²) in [7, 11) is 3.15. The highest BCUT2D eigenvalue weighted by molar-refractivity contribution is 5.87. The standard InChI is InChI=1S/C10H12N2O2/c1-11-7-6-8-4-5-9(12(8)2)10(13)14-3/h4-5H,6-7H2,2-3H3. The summed E-state index contributed by atoms with van der Waals surface area (Å²) in [6.45, 7) is 7.12. The van der Waals surface area contributed by atoms with E-state index in [1.54, 1.807) is 17.7 Å². The maximum Gasteiger partial charge on any atom is 0.354 e. The van der Waals surface area contributed by atoms with Crippen LogP contribution in [0.4, 0.5) is 0 Å². The van der Waals surface area contributed by atoms with Crippen molar-refractivity contribution in [2.24, 2.45) is 7.05 Å². The van der Waals surface area contributed by atoms with Crippen LogP contribution in [-0.4, -0.2) is 24.2 Å². The van der Waals surface area contributed by atoms with Gasteiger partial charge in [-0.3, -0.25) is 0 Å². The molecule has 0 fully saturated rings.